The predicted molar refractivity (Wildman–Crippen MR) is 125 cm³/mol. The molecule has 4 nitrogen and oxygen atoms in total. The third-order valence-corrected chi connectivity index (χ3v) is 6.02. The van der Waals surface area contributed by atoms with E-state index in [1.807, 2.05) is 7.05 Å². The minimum atomic E-state index is 0. The zero-order valence-electron chi connectivity index (χ0n) is 16.4. The first-order valence-electron chi connectivity index (χ1n) is 10.3. The summed E-state index contributed by atoms with van der Waals surface area (Å²) in [6.45, 7) is 5.78. The first kappa shape index (κ1) is 20.6. The molecule has 1 unspecified atom stereocenters. The Hall–Kier alpha value is -1.08. The molecule has 0 radical (unpaired) electrons. The Labute approximate surface area is 181 Å². The lowest BCUT2D eigenvalue weighted by Crippen LogP contribution is -2.46. The molecule has 4 rings (SSSR count). The minimum Gasteiger partial charge on any atom is -0.356 e. The van der Waals surface area contributed by atoms with Crippen molar-refractivity contribution in [3.63, 3.8) is 0 Å². The van der Waals surface area contributed by atoms with Gasteiger partial charge >= 0.3 is 0 Å². The highest BCUT2D eigenvalue weighted by Crippen LogP contribution is 2.31. The number of nitrogens with zero attached hydrogens (tertiary/aromatic N) is 3. The molecular weight excluding hydrogens is 447 g/mol. The van der Waals surface area contributed by atoms with Crippen molar-refractivity contribution in [2.45, 2.75) is 38.1 Å². The van der Waals surface area contributed by atoms with E-state index < -0.39 is 0 Å². The second kappa shape index (κ2) is 9.92. The van der Waals surface area contributed by atoms with Crippen LogP contribution >= 0.6 is 24.0 Å². The van der Waals surface area contributed by atoms with E-state index in [9.17, 15) is 0 Å². The fourth-order valence-electron chi connectivity index (χ4n) is 4.30. The number of halogens is 1. The molecule has 3 aliphatic rings. The van der Waals surface area contributed by atoms with Crippen LogP contribution in [-0.2, 0) is 0 Å². The number of guanidine groups is 1. The molecule has 2 aliphatic heterocycles. The number of nitrogens with one attached hydrogen (secondary N) is 1. The molecule has 2 heterocycles. The van der Waals surface area contributed by atoms with Crippen LogP contribution in [0.15, 0.2) is 40.9 Å². The maximum Gasteiger partial charge on any atom is 0.193 e. The van der Waals surface area contributed by atoms with Gasteiger partial charge in [0.15, 0.2) is 5.96 Å². The molecule has 0 amide bonds. The Kier molecular flexibility index (Phi) is 7.58. The van der Waals surface area contributed by atoms with E-state index in [1.165, 1.54) is 37.9 Å². The van der Waals surface area contributed by atoms with Crippen molar-refractivity contribution in [2.75, 3.05) is 39.8 Å². The lowest BCUT2D eigenvalue weighted by Gasteiger charge is -2.32. The lowest BCUT2D eigenvalue weighted by molar-refractivity contribution is 0.312. The number of rotatable bonds is 4. The van der Waals surface area contributed by atoms with E-state index in [0.29, 0.717) is 0 Å². The minimum absolute atomic E-state index is 0. The van der Waals surface area contributed by atoms with Gasteiger partial charge in [-0.15, -0.1) is 24.0 Å². The maximum absolute atomic E-state index is 4.55. The lowest BCUT2D eigenvalue weighted by atomic mass is 10.0. The average molecular weight is 480 g/mol. The van der Waals surface area contributed by atoms with Crippen molar-refractivity contribution in [3.05, 3.63) is 41.5 Å². The normalized spacial score (nSPS) is 23.9. The molecule has 1 aromatic rings. The van der Waals surface area contributed by atoms with Crippen molar-refractivity contribution < 1.29 is 0 Å². The van der Waals surface area contributed by atoms with E-state index in [4.69, 9.17) is 0 Å². The summed E-state index contributed by atoms with van der Waals surface area (Å²) in [5, 5.41) is 3.66. The van der Waals surface area contributed by atoms with Gasteiger partial charge in [0.05, 0.1) is 0 Å². The van der Waals surface area contributed by atoms with Crippen LogP contribution in [0.3, 0.4) is 0 Å². The molecular formula is C22H33IN4. The summed E-state index contributed by atoms with van der Waals surface area (Å²) < 4.78 is 0. The first-order valence-corrected chi connectivity index (χ1v) is 10.3. The maximum atomic E-state index is 4.55. The van der Waals surface area contributed by atoms with E-state index in [0.717, 1.165) is 50.4 Å². The first-order chi connectivity index (χ1) is 12.8. The molecule has 5 heteroatoms. The van der Waals surface area contributed by atoms with Crippen LogP contribution in [0.25, 0.3) is 6.08 Å². The third kappa shape index (κ3) is 5.70. The Morgan fingerprint density at radius 2 is 1.85 bits per heavy atom. The van der Waals surface area contributed by atoms with Gasteiger partial charge in [-0.1, -0.05) is 42.0 Å². The molecule has 2 saturated heterocycles. The van der Waals surface area contributed by atoms with Crippen LogP contribution in [0.5, 0.6) is 0 Å². The molecule has 1 saturated carbocycles. The number of likely N-dealkylation sites (tertiary alicyclic amines) is 2. The molecule has 1 aliphatic carbocycles. The van der Waals surface area contributed by atoms with Crippen LogP contribution in [0, 0.1) is 5.92 Å². The second-order valence-corrected chi connectivity index (χ2v) is 8.01. The predicted octanol–water partition coefficient (Wildman–Crippen LogP) is 3.84. The van der Waals surface area contributed by atoms with Crippen molar-refractivity contribution in [3.8, 4) is 0 Å². The fraction of sp³-hybridized carbons (Fsp3) is 0.591. The summed E-state index contributed by atoms with van der Waals surface area (Å²) in [4.78, 5) is 9.66. The van der Waals surface area contributed by atoms with Gasteiger partial charge in [0.25, 0.3) is 0 Å². The highest BCUT2D eigenvalue weighted by molar-refractivity contribution is 14.0. The summed E-state index contributed by atoms with van der Waals surface area (Å²) >= 11 is 0. The molecule has 0 aromatic heterocycles. The number of aliphatic imine (C=N–C) groups is 1. The number of hydrogen-bond acceptors (Lipinski definition) is 2. The topological polar surface area (TPSA) is 30.9 Å². The van der Waals surface area contributed by atoms with Crippen molar-refractivity contribution in [2.24, 2.45) is 10.9 Å². The molecule has 0 bridgehead atoms. The largest absolute Gasteiger partial charge is 0.356 e. The zero-order chi connectivity index (χ0) is 17.8. The van der Waals surface area contributed by atoms with Gasteiger partial charge in [0, 0.05) is 39.3 Å². The highest BCUT2D eigenvalue weighted by Gasteiger charge is 2.34. The Balaban J connectivity index is 0.00000210. The molecule has 1 N–H and O–H groups in total. The highest BCUT2D eigenvalue weighted by atomic mass is 127. The van der Waals surface area contributed by atoms with Gasteiger partial charge < -0.3 is 15.1 Å². The van der Waals surface area contributed by atoms with Crippen LogP contribution in [0.4, 0.5) is 0 Å². The SMILES string of the molecule is CN=C(NCC1CCN(C2CC2)C1)N1CCC(=Cc2ccccc2)CC1.I. The molecule has 27 heavy (non-hydrogen) atoms. The number of benzene rings is 1. The molecule has 0 spiro atoms. The van der Waals surface area contributed by atoms with E-state index in [-0.39, 0.29) is 24.0 Å². The van der Waals surface area contributed by atoms with Gasteiger partial charge in [0.2, 0.25) is 0 Å². The van der Waals surface area contributed by atoms with Crippen LogP contribution < -0.4 is 5.32 Å². The van der Waals surface area contributed by atoms with E-state index >= 15 is 0 Å². The number of hydrogen-bond donors (Lipinski definition) is 1. The Bertz CT molecular complexity index is 644. The van der Waals surface area contributed by atoms with Gasteiger partial charge in [-0.2, -0.15) is 0 Å². The molecule has 1 atom stereocenters. The average Bonchev–Trinajstić information content (AvgIpc) is 3.43. The zero-order valence-corrected chi connectivity index (χ0v) is 18.8. The van der Waals surface area contributed by atoms with Crippen molar-refractivity contribution in [1.29, 1.82) is 0 Å². The van der Waals surface area contributed by atoms with Crippen LogP contribution in [0.1, 0.15) is 37.7 Å². The quantitative estimate of drug-likeness (QED) is 0.404. The number of piperidine rings is 1. The third-order valence-electron chi connectivity index (χ3n) is 6.02. The molecule has 148 valence electrons. The van der Waals surface area contributed by atoms with Gasteiger partial charge in [0.1, 0.15) is 0 Å². The summed E-state index contributed by atoms with van der Waals surface area (Å²) in [5.74, 6) is 1.87. The van der Waals surface area contributed by atoms with Crippen LogP contribution in [-0.4, -0.2) is 61.6 Å². The molecule has 3 fully saturated rings. The van der Waals surface area contributed by atoms with Gasteiger partial charge in [-0.05, 0) is 50.1 Å². The molecule has 1 aromatic carbocycles. The smallest absolute Gasteiger partial charge is 0.193 e. The van der Waals surface area contributed by atoms with Crippen LogP contribution in [0.2, 0.25) is 0 Å². The Morgan fingerprint density at radius 3 is 2.52 bits per heavy atom. The van der Waals surface area contributed by atoms with Gasteiger partial charge in [-0.25, -0.2) is 0 Å². The Morgan fingerprint density at radius 1 is 1.11 bits per heavy atom. The summed E-state index contributed by atoms with van der Waals surface area (Å²) in [5.41, 5.74) is 2.87. The fourth-order valence-corrected chi connectivity index (χ4v) is 4.30. The van der Waals surface area contributed by atoms with E-state index in [1.54, 1.807) is 5.57 Å². The van der Waals surface area contributed by atoms with Gasteiger partial charge in [-0.3, -0.25) is 4.99 Å². The van der Waals surface area contributed by atoms with Crippen molar-refractivity contribution in [1.82, 2.24) is 15.1 Å². The monoisotopic (exact) mass is 480 g/mol. The summed E-state index contributed by atoms with van der Waals surface area (Å²) in [7, 11) is 1.92. The van der Waals surface area contributed by atoms with E-state index in [2.05, 4.69) is 56.5 Å². The summed E-state index contributed by atoms with van der Waals surface area (Å²) in [6.07, 6.45) is 8.81. The van der Waals surface area contributed by atoms with Crippen molar-refractivity contribution >= 4 is 36.0 Å². The summed E-state index contributed by atoms with van der Waals surface area (Å²) in [6, 6.07) is 11.6. The second-order valence-electron chi connectivity index (χ2n) is 8.01. The standard InChI is InChI=1S/C22H32N4.HI/c1-23-22(24-16-20-11-14-26(17-20)21-7-8-21)25-12-9-19(10-13-25)15-18-5-3-2-4-6-18;/h2-6,15,20-21H,7-14,16-17H2,1H3,(H,23,24);1H.